The summed E-state index contributed by atoms with van der Waals surface area (Å²) in [7, 11) is 0. The molecule has 3 heteroatoms. The number of carbonyl (C=O) groups excluding carboxylic acids is 1. The minimum absolute atomic E-state index is 0.0249. The van der Waals surface area contributed by atoms with Crippen molar-refractivity contribution in [3.8, 4) is 0 Å². The third-order valence-corrected chi connectivity index (χ3v) is 2.86. The Morgan fingerprint density at radius 2 is 2.20 bits per heavy atom. The van der Waals surface area contributed by atoms with Crippen LogP contribution >= 0.6 is 0 Å². The van der Waals surface area contributed by atoms with Crippen molar-refractivity contribution >= 4 is 5.91 Å². The highest BCUT2D eigenvalue weighted by Gasteiger charge is 2.21. The lowest BCUT2D eigenvalue weighted by atomic mass is 9.80. The molecule has 15 heavy (non-hydrogen) atoms. The Morgan fingerprint density at radius 1 is 1.47 bits per heavy atom. The van der Waals surface area contributed by atoms with Crippen LogP contribution in [-0.4, -0.2) is 5.91 Å². The molecule has 0 heterocycles. The van der Waals surface area contributed by atoms with Crippen molar-refractivity contribution in [3.05, 3.63) is 41.6 Å². The molecule has 0 bridgehead atoms. The van der Waals surface area contributed by atoms with Gasteiger partial charge in [-0.05, 0) is 36.8 Å². The highest BCUT2D eigenvalue weighted by molar-refractivity contribution is 5.93. The monoisotopic (exact) mass is 206 g/mol. The first kappa shape index (κ1) is 10.1. The molecule has 0 aliphatic heterocycles. The van der Waals surface area contributed by atoms with Crippen LogP contribution in [0.1, 0.15) is 35.2 Å². The molecule has 1 radical (unpaired) electrons. The molecule has 1 aromatic rings. The van der Waals surface area contributed by atoms with Crippen LogP contribution in [0.2, 0.25) is 0 Å². The first-order valence-electron chi connectivity index (χ1n) is 5.11. The van der Waals surface area contributed by atoms with Crippen LogP contribution in [-0.2, 0) is 0 Å². The summed E-state index contributed by atoms with van der Waals surface area (Å²) in [5, 5.41) is 0. The average Bonchev–Trinajstić information content (AvgIpc) is 2.13. The number of hydrogen-bond acceptors (Lipinski definition) is 1. The number of nitrogens with two attached hydrogens (primary N) is 1. The number of amides is 1. The summed E-state index contributed by atoms with van der Waals surface area (Å²) >= 11 is 0. The van der Waals surface area contributed by atoms with Crippen LogP contribution in [0.15, 0.2) is 18.2 Å². The van der Waals surface area contributed by atoms with E-state index in [1.54, 1.807) is 12.1 Å². The molecule has 0 atom stereocenters. The Kier molecular flexibility index (Phi) is 2.71. The van der Waals surface area contributed by atoms with Gasteiger partial charge in [-0.15, -0.1) is 0 Å². The molecular weight excluding hydrogens is 193 g/mol. The molecule has 1 saturated carbocycles. The quantitative estimate of drug-likeness (QED) is 0.810. The van der Waals surface area contributed by atoms with Crippen molar-refractivity contribution in [2.75, 3.05) is 0 Å². The lowest BCUT2D eigenvalue weighted by Gasteiger charge is -2.25. The molecule has 0 saturated heterocycles. The minimum atomic E-state index is -0.712. The predicted octanol–water partition coefficient (Wildman–Crippen LogP) is 2.28. The average molecular weight is 206 g/mol. The van der Waals surface area contributed by atoms with Gasteiger partial charge in [-0.25, -0.2) is 4.39 Å². The fraction of sp³-hybridized carbons (Fsp3) is 0.333. The van der Waals surface area contributed by atoms with Crippen LogP contribution in [0.25, 0.3) is 0 Å². The van der Waals surface area contributed by atoms with Gasteiger partial charge in [0.25, 0.3) is 5.91 Å². The van der Waals surface area contributed by atoms with E-state index < -0.39 is 11.7 Å². The van der Waals surface area contributed by atoms with E-state index in [1.165, 1.54) is 12.5 Å². The van der Waals surface area contributed by atoms with Gasteiger partial charge >= 0.3 is 0 Å². The number of carbonyl (C=O) groups is 1. The molecular formula is C12H13FNO. The highest BCUT2D eigenvalue weighted by atomic mass is 19.1. The van der Waals surface area contributed by atoms with Crippen LogP contribution in [0, 0.1) is 18.2 Å². The summed E-state index contributed by atoms with van der Waals surface area (Å²) < 4.78 is 13.7. The number of halogens is 1. The van der Waals surface area contributed by atoms with Gasteiger partial charge in [0.05, 0.1) is 5.56 Å². The number of hydrogen-bond donors (Lipinski definition) is 1. The Balaban J connectivity index is 2.22. The Hall–Kier alpha value is -1.38. The fourth-order valence-corrected chi connectivity index (χ4v) is 1.73. The van der Waals surface area contributed by atoms with Gasteiger partial charge in [0.1, 0.15) is 5.82 Å². The predicted molar refractivity (Wildman–Crippen MR) is 55.7 cm³/mol. The van der Waals surface area contributed by atoms with Crippen LogP contribution in [0.4, 0.5) is 4.39 Å². The van der Waals surface area contributed by atoms with Crippen molar-refractivity contribution in [2.24, 2.45) is 11.7 Å². The van der Waals surface area contributed by atoms with Gasteiger partial charge < -0.3 is 5.73 Å². The molecule has 1 aliphatic rings. The van der Waals surface area contributed by atoms with E-state index in [0.29, 0.717) is 11.5 Å². The summed E-state index contributed by atoms with van der Waals surface area (Å²) in [6.45, 7) is 0. The minimum Gasteiger partial charge on any atom is -0.366 e. The van der Waals surface area contributed by atoms with E-state index in [4.69, 9.17) is 5.73 Å². The van der Waals surface area contributed by atoms with Gasteiger partial charge in [-0.1, -0.05) is 18.6 Å². The summed E-state index contributed by atoms with van der Waals surface area (Å²) in [5.41, 5.74) is 5.54. The van der Waals surface area contributed by atoms with Crippen molar-refractivity contribution < 1.29 is 9.18 Å². The second kappa shape index (κ2) is 4.01. The second-order valence-electron chi connectivity index (χ2n) is 3.93. The summed E-state index contributed by atoms with van der Waals surface area (Å²) in [4.78, 5) is 10.9. The molecule has 0 spiro atoms. The smallest absolute Gasteiger partial charge is 0.251 e. The van der Waals surface area contributed by atoms with Gasteiger partial charge in [0.15, 0.2) is 0 Å². The third-order valence-electron chi connectivity index (χ3n) is 2.86. The molecule has 1 aromatic carbocycles. The van der Waals surface area contributed by atoms with Crippen molar-refractivity contribution in [1.29, 1.82) is 0 Å². The molecule has 79 valence electrons. The van der Waals surface area contributed by atoms with Gasteiger partial charge in [0.2, 0.25) is 0 Å². The van der Waals surface area contributed by atoms with E-state index in [2.05, 4.69) is 0 Å². The topological polar surface area (TPSA) is 43.1 Å². The lowest BCUT2D eigenvalue weighted by Crippen LogP contribution is -2.16. The highest BCUT2D eigenvalue weighted by Crippen LogP contribution is 2.32. The van der Waals surface area contributed by atoms with Gasteiger partial charge in [-0.3, -0.25) is 4.79 Å². The second-order valence-corrected chi connectivity index (χ2v) is 3.93. The number of rotatable bonds is 3. The number of benzene rings is 1. The molecule has 0 aromatic heterocycles. The SMILES string of the molecule is NC(=O)c1cccc([CH]C2CCC2)c1F. The van der Waals surface area contributed by atoms with E-state index in [9.17, 15) is 9.18 Å². The molecule has 1 amide bonds. The summed E-state index contributed by atoms with van der Waals surface area (Å²) in [6.07, 6.45) is 5.32. The zero-order valence-electron chi connectivity index (χ0n) is 8.37. The van der Waals surface area contributed by atoms with E-state index in [0.717, 1.165) is 12.8 Å². The first-order valence-corrected chi connectivity index (χ1v) is 5.11. The zero-order valence-corrected chi connectivity index (χ0v) is 8.37. The fourth-order valence-electron chi connectivity index (χ4n) is 1.73. The molecule has 2 rings (SSSR count). The van der Waals surface area contributed by atoms with Gasteiger partial charge in [0, 0.05) is 0 Å². The maximum absolute atomic E-state index is 13.7. The maximum Gasteiger partial charge on any atom is 0.251 e. The van der Waals surface area contributed by atoms with Crippen molar-refractivity contribution in [2.45, 2.75) is 19.3 Å². The lowest BCUT2D eigenvalue weighted by molar-refractivity contribution is 0.0996. The summed E-state index contributed by atoms with van der Waals surface area (Å²) in [5.74, 6) is -0.740. The Labute approximate surface area is 88.3 Å². The van der Waals surface area contributed by atoms with Crippen LogP contribution < -0.4 is 5.73 Å². The maximum atomic E-state index is 13.7. The molecule has 2 N–H and O–H groups in total. The molecule has 0 unspecified atom stereocenters. The van der Waals surface area contributed by atoms with E-state index in [1.807, 2.05) is 6.42 Å². The van der Waals surface area contributed by atoms with E-state index in [-0.39, 0.29) is 5.56 Å². The van der Waals surface area contributed by atoms with Crippen molar-refractivity contribution in [3.63, 3.8) is 0 Å². The first-order chi connectivity index (χ1) is 7.18. The molecule has 2 nitrogen and oxygen atoms in total. The Morgan fingerprint density at radius 3 is 2.73 bits per heavy atom. The Bertz CT molecular complexity index is 385. The van der Waals surface area contributed by atoms with Crippen molar-refractivity contribution in [1.82, 2.24) is 0 Å². The molecule has 1 fully saturated rings. The van der Waals surface area contributed by atoms with Gasteiger partial charge in [-0.2, -0.15) is 0 Å². The molecule has 1 aliphatic carbocycles. The van der Waals surface area contributed by atoms with E-state index >= 15 is 0 Å². The van der Waals surface area contributed by atoms with Crippen LogP contribution in [0.3, 0.4) is 0 Å². The zero-order chi connectivity index (χ0) is 10.8. The third kappa shape index (κ3) is 2.01. The normalized spacial score (nSPS) is 16.1. The number of primary amides is 1. The van der Waals surface area contributed by atoms with Crippen LogP contribution in [0.5, 0.6) is 0 Å². The summed E-state index contributed by atoms with van der Waals surface area (Å²) in [6, 6.07) is 4.75. The standard InChI is InChI=1S/C12H13FNO/c13-11-9(7-8-3-1-4-8)5-2-6-10(11)12(14)15/h2,5-8H,1,3-4H2,(H2,14,15). The largest absolute Gasteiger partial charge is 0.366 e.